The first-order chi connectivity index (χ1) is 16.5. The van der Waals surface area contributed by atoms with Crippen molar-refractivity contribution in [3.63, 3.8) is 0 Å². The van der Waals surface area contributed by atoms with E-state index in [1.807, 2.05) is 18.2 Å². The summed E-state index contributed by atoms with van der Waals surface area (Å²) in [4.78, 5) is 14.7. The Bertz CT molecular complexity index is 1300. The average molecular weight is 459 g/mol. The smallest absolute Gasteiger partial charge is 0.251 e. The first kappa shape index (κ1) is 20.9. The minimum Gasteiger partial charge on any atom is -0.508 e. The van der Waals surface area contributed by atoms with Crippen molar-refractivity contribution in [2.45, 2.75) is 25.3 Å². The van der Waals surface area contributed by atoms with Gasteiger partial charge in [-0.05, 0) is 73.3 Å². The number of ether oxygens (including phenoxy) is 3. The van der Waals surface area contributed by atoms with Crippen molar-refractivity contribution in [3.05, 3.63) is 70.3 Å². The maximum absolute atomic E-state index is 12.4. The summed E-state index contributed by atoms with van der Waals surface area (Å²) in [6.45, 7) is 1.52. The van der Waals surface area contributed by atoms with Crippen LogP contribution in [0, 0.1) is 0 Å². The first-order valence-electron chi connectivity index (χ1n) is 11.5. The van der Waals surface area contributed by atoms with E-state index in [4.69, 9.17) is 14.2 Å². The zero-order valence-electron chi connectivity index (χ0n) is 19.2. The second-order valence-corrected chi connectivity index (χ2v) is 9.09. The van der Waals surface area contributed by atoms with Crippen molar-refractivity contribution < 1.29 is 24.1 Å². The highest BCUT2D eigenvalue weighted by Crippen LogP contribution is 2.56. The normalized spacial score (nSPS) is 18.4. The number of fused-ring (bicyclic) bond motifs is 5. The molecule has 3 aliphatic heterocycles. The van der Waals surface area contributed by atoms with Gasteiger partial charge in [0.15, 0.2) is 23.0 Å². The van der Waals surface area contributed by atoms with Gasteiger partial charge >= 0.3 is 0 Å². The zero-order valence-corrected chi connectivity index (χ0v) is 19.2. The fourth-order valence-corrected chi connectivity index (χ4v) is 5.20. The predicted molar refractivity (Wildman–Crippen MR) is 127 cm³/mol. The summed E-state index contributed by atoms with van der Waals surface area (Å²) in [6.07, 6.45) is 2.38. The Morgan fingerprint density at radius 1 is 1.06 bits per heavy atom. The summed E-state index contributed by atoms with van der Waals surface area (Å²) >= 11 is 0. The lowest BCUT2D eigenvalue weighted by atomic mass is 9.87. The van der Waals surface area contributed by atoms with Crippen molar-refractivity contribution in [2.24, 2.45) is 0 Å². The zero-order chi connectivity index (χ0) is 23.4. The quantitative estimate of drug-likeness (QED) is 0.475. The van der Waals surface area contributed by atoms with Gasteiger partial charge in [0.05, 0.1) is 7.11 Å². The van der Waals surface area contributed by atoms with E-state index in [1.54, 1.807) is 25.3 Å². The molecule has 1 unspecified atom stereocenters. The molecule has 0 spiro atoms. The number of carbonyl (C=O) groups excluding carboxylic acids is 1. The van der Waals surface area contributed by atoms with Gasteiger partial charge in [0.1, 0.15) is 5.75 Å². The largest absolute Gasteiger partial charge is 0.508 e. The maximum Gasteiger partial charge on any atom is 0.251 e. The third kappa shape index (κ3) is 3.35. The molecule has 3 aliphatic rings. The molecule has 7 nitrogen and oxygen atoms in total. The van der Waals surface area contributed by atoms with Crippen LogP contribution < -0.4 is 19.5 Å². The third-order valence-corrected chi connectivity index (χ3v) is 7.03. The summed E-state index contributed by atoms with van der Waals surface area (Å²) in [5.74, 6) is 3.16. The Morgan fingerprint density at radius 2 is 1.82 bits per heavy atom. The Hall–Kier alpha value is -3.71. The number of aromatic hydroxyl groups is 1. The molecule has 1 amide bonds. The fourth-order valence-electron chi connectivity index (χ4n) is 5.20. The number of carbonyl (C=O) groups is 1. The van der Waals surface area contributed by atoms with Crippen LogP contribution in [0.5, 0.6) is 34.5 Å². The van der Waals surface area contributed by atoms with Gasteiger partial charge in [0, 0.05) is 30.3 Å². The standard InChI is InChI=1S/C27H26N2O5/c1-29-10-8-17-13-23(32-2)25-26(24(17)20(29)11-15-3-5-18(30)6-4-15)34-22-14-19-16(12-21(22)33-25)7-9-28-27(19)31/h3-6,12-14,20,30H,7-11H2,1-2H3,(H,28,31). The summed E-state index contributed by atoms with van der Waals surface area (Å²) in [5.41, 5.74) is 4.95. The Kier molecular flexibility index (Phi) is 4.88. The van der Waals surface area contributed by atoms with Gasteiger partial charge in [-0.15, -0.1) is 0 Å². The Morgan fingerprint density at radius 3 is 2.62 bits per heavy atom. The molecular formula is C27H26N2O5. The number of hydrogen-bond donors (Lipinski definition) is 2. The summed E-state index contributed by atoms with van der Waals surface area (Å²) in [7, 11) is 3.75. The van der Waals surface area contributed by atoms with E-state index < -0.39 is 0 Å². The van der Waals surface area contributed by atoms with Gasteiger partial charge in [-0.2, -0.15) is 0 Å². The second kappa shape index (κ2) is 7.95. The van der Waals surface area contributed by atoms with Crippen molar-refractivity contribution in [2.75, 3.05) is 27.2 Å². The SMILES string of the molecule is COc1cc2c(c3c1Oc1cc4c(cc1O3)C(=O)NCC4)C(Cc1ccc(O)cc1)N(C)CC2. The molecule has 0 bridgehead atoms. The van der Waals surface area contributed by atoms with Gasteiger partial charge in [0.2, 0.25) is 5.75 Å². The molecule has 0 aliphatic carbocycles. The van der Waals surface area contributed by atoms with E-state index in [-0.39, 0.29) is 17.7 Å². The monoisotopic (exact) mass is 458 g/mol. The lowest BCUT2D eigenvalue weighted by molar-refractivity contribution is 0.0945. The number of phenolic OH excluding ortho intramolecular Hbond substituents is 1. The first-order valence-corrected chi connectivity index (χ1v) is 11.5. The lowest BCUT2D eigenvalue weighted by Gasteiger charge is -2.38. The highest BCUT2D eigenvalue weighted by Gasteiger charge is 2.36. The molecule has 0 saturated heterocycles. The molecule has 34 heavy (non-hydrogen) atoms. The molecule has 174 valence electrons. The molecule has 3 aromatic carbocycles. The van der Waals surface area contributed by atoms with Crippen LogP contribution >= 0.6 is 0 Å². The van der Waals surface area contributed by atoms with Crippen molar-refractivity contribution in [3.8, 4) is 34.5 Å². The van der Waals surface area contributed by atoms with E-state index in [9.17, 15) is 9.90 Å². The van der Waals surface area contributed by atoms with Crippen LogP contribution in [0.25, 0.3) is 0 Å². The number of rotatable bonds is 3. The summed E-state index contributed by atoms with van der Waals surface area (Å²) in [6, 6.07) is 13.1. The van der Waals surface area contributed by atoms with Crippen LogP contribution in [-0.2, 0) is 19.3 Å². The average Bonchev–Trinajstić information content (AvgIpc) is 2.84. The number of phenols is 1. The molecule has 0 radical (unpaired) electrons. The number of methoxy groups -OCH3 is 1. The Labute approximate surface area is 197 Å². The molecule has 0 fully saturated rings. The molecule has 3 heterocycles. The van der Waals surface area contributed by atoms with Crippen LogP contribution in [0.3, 0.4) is 0 Å². The summed E-state index contributed by atoms with van der Waals surface area (Å²) in [5, 5.41) is 12.6. The fraction of sp³-hybridized carbons (Fsp3) is 0.296. The number of nitrogens with one attached hydrogen (secondary N) is 1. The lowest BCUT2D eigenvalue weighted by Crippen LogP contribution is -2.34. The van der Waals surface area contributed by atoms with E-state index >= 15 is 0 Å². The second-order valence-electron chi connectivity index (χ2n) is 9.09. The number of benzene rings is 3. The molecule has 7 heteroatoms. The van der Waals surface area contributed by atoms with E-state index in [0.29, 0.717) is 40.9 Å². The minimum absolute atomic E-state index is 0.0547. The van der Waals surface area contributed by atoms with E-state index in [1.165, 1.54) is 5.56 Å². The number of nitrogens with zero attached hydrogens (tertiary/aromatic N) is 1. The van der Waals surface area contributed by atoms with Gasteiger partial charge in [-0.25, -0.2) is 0 Å². The third-order valence-electron chi connectivity index (χ3n) is 7.03. The van der Waals surface area contributed by atoms with E-state index in [0.717, 1.165) is 42.5 Å². The number of likely N-dealkylation sites (N-methyl/N-ethyl adjacent to an activating group) is 1. The van der Waals surface area contributed by atoms with Crippen LogP contribution in [0.1, 0.15) is 38.7 Å². The van der Waals surface area contributed by atoms with Gasteiger partial charge < -0.3 is 24.6 Å². The Balaban J connectivity index is 1.47. The van der Waals surface area contributed by atoms with Crippen LogP contribution in [-0.4, -0.2) is 43.2 Å². The van der Waals surface area contributed by atoms with Crippen molar-refractivity contribution in [1.29, 1.82) is 0 Å². The topological polar surface area (TPSA) is 80.3 Å². The van der Waals surface area contributed by atoms with Gasteiger partial charge in [0.25, 0.3) is 5.91 Å². The highest BCUT2D eigenvalue weighted by atomic mass is 16.6. The molecule has 6 rings (SSSR count). The maximum atomic E-state index is 12.4. The van der Waals surface area contributed by atoms with Crippen molar-refractivity contribution in [1.82, 2.24) is 10.2 Å². The molecule has 2 N–H and O–H groups in total. The summed E-state index contributed by atoms with van der Waals surface area (Å²) < 4.78 is 18.6. The minimum atomic E-state index is -0.0870. The molecular weight excluding hydrogens is 432 g/mol. The number of amides is 1. The van der Waals surface area contributed by atoms with Crippen LogP contribution in [0.4, 0.5) is 0 Å². The van der Waals surface area contributed by atoms with Gasteiger partial charge in [-0.3, -0.25) is 9.69 Å². The predicted octanol–water partition coefficient (Wildman–Crippen LogP) is 4.36. The van der Waals surface area contributed by atoms with Crippen molar-refractivity contribution >= 4 is 5.91 Å². The van der Waals surface area contributed by atoms with E-state index in [2.05, 4.69) is 23.3 Å². The molecule has 0 aromatic heterocycles. The number of hydrogen-bond acceptors (Lipinski definition) is 6. The highest BCUT2D eigenvalue weighted by molar-refractivity contribution is 5.97. The van der Waals surface area contributed by atoms with Crippen LogP contribution in [0.15, 0.2) is 42.5 Å². The molecule has 1 atom stereocenters. The molecule has 0 saturated carbocycles. The van der Waals surface area contributed by atoms with Crippen LogP contribution in [0.2, 0.25) is 0 Å². The van der Waals surface area contributed by atoms with Gasteiger partial charge in [-0.1, -0.05) is 12.1 Å². The molecule has 3 aromatic rings.